The van der Waals surface area contributed by atoms with Crippen molar-refractivity contribution >= 4 is 17.7 Å². The molecule has 1 rings (SSSR count). The number of benzene rings is 1. The van der Waals surface area contributed by atoms with Crippen LogP contribution in [0.1, 0.15) is 32.3 Å². The molecule has 0 aliphatic carbocycles. The summed E-state index contributed by atoms with van der Waals surface area (Å²) in [6.07, 6.45) is 0.952. The first kappa shape index (κ1) is 16.0. The fourth-order valence-corrected chi connectivity index (χ4v) is 1.94. The summed E-state index contributed by atoms with van der Waals surface area (Å²) in [6, 6.07) is 7.02. The first-order chi connectivity index (χ1) is 9.43. The van der Waals surface area contributed by atoms with Crippen LogP contribution in [-0.2, 0) is 4.79 Å². The predicted molar refractivity (Wildman–Crippen MR) is 78.9 cm³/mol. The summed E-state index contributed by atoms with van der Waals surface area (Å²) in [5.41, 5.74) is 0.893. The molecule has 5 heteroatoms. The van der Waals surface area contributed by atoms with Crippen LogP contribution in [0.5, 0.6) is 0 Å². The van der Waals surface area contributed by atoms with Crippen LogP contribution in [0.2, 0.25) is 0 Å². The second kappa shape index (κ2) is 6.93. The van der Waals surface area contributed by atoms with Gasteiger partial charge >= 0.3 is 12.0 Å². The quantitative estimate of drug-likeness (QED) is 0.748. The van der Waals surface area contributed by atoms with E-state index in [1.54, 1.807) is 12.1 Å². The highest BCUT2D eigenvalue weighted by atomic mass is 16.4. The monoisotopic (exact) mass is 278 g/mol. The Hall–Kier alpha value is -2.04. The van der Waals surface area contributed by atoms with E-state index in [-0.39, 0.29) is 12.6 Å². The molecule has 0 heterocycles. The molecule has 1 aromatic carbocycles. The van der Waals surface area contributed by atoms with Crippen molar-refractivity contribution < 1.29 is 14.7 Å². The average Bonchev–Trinajstić information content (AvgIpc) is 2.43. The summed E-state index contributed by atoms with van der Waals surface area (Å²) in [7, 11) is 0. The standard InChI is InChI=1S/C15H22N2O3/c1-4-15(5-2,13(18)19)10-16-14(20)17-12-8-6-11(3)7-9-12/h6-9H,4-5,10H2,1-3H3,(H,18,19)(H2,16,17,20). The molecular formula is C15H22N2O3. The van der Waals surface area contributed by atoms with E-state index in [1.165, 1.54) is 0 Å². The van der Waals surface area contributed by atoms with Gasteiger partial charge < -0.3 is 15.7 Å². The normalized spacial score (nSPS) is 10.9. The van der Waals surface area contributed by atoms with E-state index in [1.807, 2.05) is 32.9 Å². The molecule has 0 saturated carbocycles. The Morgan fingerprint density at radius 2 is 1.70 bits per heavy atom. The van der Waals surface area contributed by atoms with Crippen LogP contribution >= 0.6 is 0 Å². The topological polar surface area (TPSA) is 78.4 Å². The van der Waals surface area contributed by atoms with Crippen LogP contribution in [0.15, 0.2) is 24.3 Å². The first-order valence-corrected chi connectivity index (χ1v) is 6.78. The van der Waals surface area contributed by atoms with E-state index in [0.29, 0.717) is 18.5 Å². The zero-order valence-corrected chi connectivity index (χ0v) is 12.2. The lowest BCUT2D eigenvalue weighted by molar-refractivity contribution is -0.149. The van der Waals surface area contributed by atoms with Gasteiger partial charge in [0.15, 0.2) is 0 Å². The largest absolute Gasteiger partial charge is 0.481 e. The maximum atomic E-state index is 11.8. The molecule has 0 atom stereocenters. The lowest BCUT2D eigenvalue weighted by atomic mass is 9.82. The molecule has 3 N–H and O–H groups in total. The van der Waals surface area contributed by atoms with Crippen molar-refractivity contribution in [2.75, 3.05) is 11.9 Å². The van der Waals surface area contributed by atoms with Crippen LogP contribution in [0, 0.1) is 12.3 Å². The number of aliphatic carboxylic acids is 1. The van der Waals surface area contributed by atoms with Crippen molar-refractivity contribution in [1.29, 1.82) is 0 Å². The Balaban J connectivity index is 2.58. The van der Waals surface area contributed by atoms with E-state index >= 15 is 0 Å². The summed E-state index contributed by atoms with van der Waals surface area (Å²) in [5.74, 6) is -0.877. The molecule has 0 radical (unpaired) electrons. The number of aryl methyl sites for hydroxylation is 1. The van der Waals surface area contributed by atoms with E-state index < -0.39 is 11.4 Å². The Morgan fingerprint density at radius 1 is 1.15 bits per heavy atom. The van der Waals surface area contributed by atoms with Crippen LogP contribution < -0.4 is 10.6 Å². The fourth-order valence-electron chi connectivity index (χ4n) is 1.94. The van der Waals surface area contributed by atoms with E-state index in [2.05, 4.69) is 10.6 Å². The molecule has 0 saturated heterocycles. The minimum Gasteiger partial charge on any atom is -0.481 e. The molecule has 2 amide bonds. The lowest BCUT2D eigenvalue weighted by Crippen LogP contribution is -2.43. The molecule has 0 aliphatic heterocycles. The van der Waals surface area contributed by atoms with Crippen LogP contribution in [0.4, 0.5) is 10.5 Å². The van der Waals surface area contributed by atoms with Gasteiger partial charge in [0.2, 0.25) is 0 Å². The smallest absolute Gasteiger partial charge is 0.319 e. The fraction of sp³-hybridized carbons (Fsp3) is 0.467. The highest BCUT2D eigenvalue weighted by molar-refractivity contribution is 5.89. The Bertz CT molecular complexity index is 465. The van der Waals surface area contributed by atoms with Crippen molar-refractivity contribution in [2.24, 2.45) is 5.41 Å². The number of carboxylic acid groups (broad SMARTS) is 1. The third-order valence-electron chi connectivity index (χ3n) is 3.70. The number of rotatable bonds is 6. The molecular weight excluding hydrogens is 256 g/mol. The molecule has 0 unspecified atom stereocenters. The highest BCUT2D eigenvalue weighted by Crippen LogP contribution is 2.25. The molecule has 0 bridgehead atoms. The summed E-state index contributed by atoms with van der Waals surface area (Å²) >= 11 is 0. The third kappa shape index (κ3) is 3.98. The van der Waals surface area contributed by atoms with Crippen LogP contribution in [-0.4, -0.2) is 23.7 Å². The minimum absolute atomic E-state index is 0.118. The summed E-state index contributed by atoms with van der Waals surface area (Å²) in [4.78, 5) is 23.1. The molecule has 0 aliphatic rings. The van der Waals surface area contributed by atoms with E-state index in [0.717, 1.165) is 5.56 Å². The molecule has 0 spiro atoms. The average molecular weight is 278 g/mol. The van der Waals surface area contributed by atoms with Gasteiger partial charge in [-0.1, -0.05) is 31.5 Å². The van der Waals surface area contributed by atoms with Crippen molar-refractivity contribution in [3.8, 4) is 0 Å². The molecule has 5 nitrogen and oxygen atoms in total. The highest BCUT2D eigenvalue weighted by Gasteiger charge is 2.35. The summed E-state index contributed by atoms with van der Waals surface area (Å²) in [5, 5.41) is 14.6. The third-order valence-corrected chi connectivity index (χ3v) is 3.70. The zero-order chi connectivity index (χ0) is 15.2. The summed E-state index contributed by atoms with van der Waals surface area (Å²) < 4.78 is 0. The maximum absolute atomic E-state index is 11.8. The Kier molecular flexibility index (Phi) is 5.55. The number of carboxylic acids is 1. The van der Waals surface area contributed by atoms with Gasteiger partial charge in [0.25, 0.3) is 0 Å². The summed E-state index contributed by atoms with van der Waals surface area (Å²) in [6.45, 7) is 5.72. The van der Waals surface area contributed by atoms with Crippen molar-refractivity contribution in [2.45, 2.75) is 33.6 Å². The van der Waals surface area contributed by atoms with E-state index in [9.17, 15) is 14.7 Å². The molecule has 20 heavy (non-hydrogen) atoms. The number of urea groups is 1. The van der Waals surface area contributed by atoms with E-state index in [4.69, 9.17) is 0 Å². The van der Waals surface area contributed by atoms with Gasteiger partial charge in [-0.15, -0.1) is 0 Å². The van der Waals surface area contributed by atoms with Gasteiger partial charge in [-0.2, -0.15) is 0 Å². The number of hydrogen-bond donors (Lipinski definition) is 3. The van der Waals surface area contributed by atoms with Crippen LogP contribution in [0.3, 0.4) is 0 Å². The van der Waals surface area contributed by atoms with Gasteiger partial charge in [-0.3, -0.25) is 4.79 Å². The molecule has 0 fully saturated rings. The predicted octanol–water partition coefficient (Wildman–Crippen LogP) is 3.01. The van der Waals surface area contributed by atoms with Crippen LogP contribution in [0.25, 0.3) is 0 Å². The molecule has 110 valence electrons. The van der Waals surface area contributed by atoms with Gasteiger partial charge in [0.05, 0.1) is 5.41 Å². The van der Waals surface area contributed by atoms with Gasteiger partial charge in [-0.25, -0.2) is 4.79 Å². The second-order valence-corrected chi connectivity index (χ2v) is 4.97. The molecule has 0 aromatic heterocycles. The van der Waals surface area contributed by atoms with Gasteiger partial charge in [0.1, 0.15) is 0 Å². The minimum atomic E-state index is -0.898. The SMILES string of the molecule is CCC(CC)(CNC(=O)Nc1ccc(C)cc1)C(=O)O. The maximum Gasteiger partial charge on any atom is 0.319 e. The first-order valence-electron chi connectivity index (χ1n) is 6.78. The Labute approximate surface area is 119 Å². The van der Waals surface area contributed by atoms with Crippen molar-refractivity contribution in [1.82, 2.24) is 5.32 Å². The van der Waals surface area contributed by atoms with Crippen molar-refractivity contribution in [3.63, 3.8) is 0 Å². The molecule has 1 aromatic rings. The number of carbonyl (C=O) groups excluding carboxylic acids is 1. The van der Waals surface area contributed by atoms with Crippen molar-refractivity contribution in [3.05, 3.63) is 29.8 Å². The van der Waals surface area contributed by atoms with Gasteiger partial charge in [-0.05, 0) is 31.9 Å². The number of hydrogen-bond acceptors (Lipinski definition) is 2. The number of nitrogens with one attached hydrogen (secondary N) is 2. The lowest BCUT2D eigenvalue weighted by Gasteiger charge is -2.26. The number of amides is 2. The second-order valence-electron chi connectivity index (χ2n) is 4.97. The van der Waals surface area contributed by atoms with Gasteiger partial charge in [0, 0.05) is 12.2 Å². The number of anilines is 1. The Morgan fingerprint density at radius 3 is 2.15 bits per heavy atom. The zero-order valence-electron chi connectivity index (χ0n) is 12.2. The number of carbonyl (C=O) groups is 2.